The van der Waals surface area contributed by atoms with E-state index in [1.807, 2.05) is 12.1 Å². The van der Waals surface area contributed by atoms with Crippen LogP contribution in [0.15, 0.2) is 31.1 Å². The molecule has 0 aliphatic heterocycles. The molecule has 0 amide bonds. The van der Waals surface area contributed by atoms with Crippen LogP contribution >= 0.6 is 0 Å². The number of hydrogen-bond acceptors (Lipinski definition) is 2. The molecule has 2 rings (SSSR count). The fourth-order valence-corrected chi connectivity index (χ4v) is 1.38. The van der Waals surface area contributed by atoms with Gasteiger partial charge < -0.3 is 0 Å². The van der Waals surface area contributed by atoms with Gasteiger partial charge in [-0.3, -0.25) is 4.98 Å². The van der Waals surface area contributed by atoms with Crippen molar-refractivity contribution in [2.75, 3.05) is 0 Å². The number of aromatic nitrogens is 2. The zero-order valence-electron chi connectivity index (χ0n) is 7.49. The molecule has 2 heterocycles. The second-order valence-electron chi connectivity index (χ2n) is 2.96. The molecule has 2 heteroatoms. The van der Waals surface area contributed by atoms with Crippen molar-refractivity contribution in [2.24, 2.45) is 0 Å². The van der Waals surface area contributed by atoms with Crippen LogP contribution in [0.3, 0.4) is 0 Å². The standard InChI is InChI=1S/C11H10N2/c1-3-9-6-8(2)10-4-5-12-7-11(10)13-9/h3-7H,1H2,2H3. The van der Waals surface area contributed by atoms with Crippen molar-refractivity contribution in [3.05, 3.63) is 42.4 Å². The summed E-state index contributed by atoms with van der Waals surface area (Å²) < 4.78 is 0. The number of pyridine rings is 2. The van der Waals surface area contributed by atoms with Crippen molar-refractivity contribution in [1.29, 1.82) is 0 Å². The van der Waals surface area contributed by atoms with Crippen LogP contribution in [-0.2, 0) is 0 Å². The Balaban J connectivity index is 2.84. The van der Waals surface area contributed by atoms with Gasteiger partial charge in [0, 0.05) is 11.6 Å². The normalized spacial score (nSPS) is 10.2. The molecule has 0 atom stereocenters. The molecule has 0 bridgehead atoms. The molecule has 0 saturated carbocycles. The SMILES string of the molecule is C=Cc1cc(C)c2ccncc2n1. The molecule has 2 nitrogen and oxygen atoms in total. The Morgan fingerprint density at radius 3 is 3.08 bits per heavy atom. The van der Waals surface area contributed by atoms with Crippen molar-refractivity contribution in [3.8, 4) is 0 Å². The molecule has 0 aromatic carbocycles. The molecule has 0 spiro atoms. The van der Waals surface area contributed by atoms with E-state index in [-0.39, 0.29) is 0 Å². The number of rotatable bonds is 1. The lowest BCUT2D eigenvalue weighted by Crippen LogP contribution is -1.87. The minimum absolute atomic E-state index is 0.901. The van der Waals surface area contributed by atoms with E-state index in [0.717, 1.165) is 16.6 Å². The molecule has 0 aliphatic carbocycles. The summed E-state index contributed by atoms with van der Waals surface area (Å²) >= 11 is 0. The van der Waals surface area contributed by atoms with Crippen LogP contribution in [0.4, 0.5) is 0 Å². The molecule has 13 heavy (non-hydrogen) atoms. The van der Waals surface area contributed by atoms with Gasteiger partial charge in [-0.25, -0.2) is 4.98 Å². The van der Waals surface area contributed by atoms with Gasteiger partial charge in [0.1, 0.15) is 0 Å². The zero-order valence-corrected chi connectivity index (χ0v) is 7.49. The molecular weight excluding hydrogens is 160 g/mol. The quantitative estimate of drug-likeness (QED) is 0.657. The third kappa shape index (κ3) is 1.31. The molecule has 2 aromatic heterocycles. The highest BCUT2D eigenvalue weighted by Crippen LogP contribution is 2.16. The first-order valence-electron chi connectivity index (χ1n) is 4.15. The molecule has 64 valence electrons. The Morgan fingerprint density at radius 1 is 1.46 bits per heavy atom. The summed E-state index contributed by atoms with van der Waals surface area (Å²) in [5, 5.41) is 1.15. The van der Waals surface area contributed by atoms with Crippen LogP contribution in [0.5, 0.6) is 0 Å². The van der Waals surface area contributed by atoms with E-state index in [4.69, 9.17) is 0 Å². The van der Waals surface area contributed by atoms with Gasteiger partial charge in [0.2, 0.25) is 0 Å². The zero-order chi connectivity index (χ0) is 9.26. The largest absolute Gasteiger partial charge is 0.262 e. The first-order valence-corrected chi connectivity index (χ1v) is 4.15. The van der Waals surface area contributed by atoms with E-state index in [1.165, 1.54) is 5.56 Å². The predicted octanol–water partition coefficient (Wildman–Crippen LogP) is 2.58. The third-order valence-electron chi connectivity index (χ3n) is 2.05. The lowest BCUT2D eigenvalue weighted by atomic mass is 10.1. The summed E-state index contributed by atoms with van der Waals surface area (Å²) in [6, 6.07) is 4.00. The highest BCUT2D eigenvalue weighted by molar-refractivity contribution is 5.82. The maximum Gasteiger partial charge on any atom is 0.0895 e. The molecule has 0 saturated heterocycles. The van der Waals surface area contributed by atoms with Crippen molar-refractivity contribution >= 4 is 17.0 Å². The third-order valence-corrected chi connectivity index (χ3v) is 2.05. The van der Waals surface area contributed by atoms with Crippen LogP contribution in [0, 0.1) is 6.92 Å². The van der Waals surface area contributed by atoms with Gasteiger partial charge in [-0.2, -0.15) is 0 Å². The molecular formula is C11H10N2. The van der Waals surface area contributed by atoms with Gasteiger partial charge in [-0.15, -0.1) is 0 Å². The number of aryl methyl sites for hydroxylation is 1. The highest BCUT2D eigenvalue weighted by atomic mass is 14.7. The average molecular weight is 170 g/mol. The molecule has 0 unspecified atom stereocenters. The maximum absolute atomic E-state index is 4.37. The summed E-state index contributed by atoms with van der Waals surface area (Å²) in [7, 11) is 0. The Morgan fingerprint density at radius 2 is 2.31 bits per heavy atom. The van der Waals surface area contributed by atoms with Gasteiger partial charge >= 0.3 is 0 Å². The van der Waals surface area contributed by atoms with Gasteiger partial charge in [-0.05, 0) is 30.7 Å². The Kier molecular flexibility index (Phi) is 1.81. The number of fused-ring (bicyclic) bond motifs is 1. The van der Waals surface area contributed by atoms with Gasteiger partial charge in [-0.1, -0.05) is 6.58 Å². The van der Waals surface area contributed by atoms with Gasteiger partial charge in [0.15, 0.2) is 0 Å². The monoisotopic (exact) mass is 170 g/mol. The first-order chi connectivity index (χ1) is 6.31. The van der Waals surface area contributed by atoms with E-state index < -0.39 is 0 Å². The fraction of sp³-hybridized carbons (Fsp3) is 0.0909. The van der Waals surface area contributed by atoms with Crippen LogP contribution < -0.4 is 0 Å². The smallest absolute Gasteiger partial charge is 0.0895 e. The minimum Gasteiger partial charge on any atom is -0.262 e. The van der Waals surface area contributed by atoms with Crippen LogP contribution in [-0.4, -0.2) is 9.97 Å². The topological polar surface area (TPSA) is 25.8 Å². The molecule has 0 radical (unpaired) electrons. The predicted molar refractivity (Wildman–Crippen MR) is 54.4 cm³/mol. The van der Waals surface area contributed by atoms with E-state index in [2.05, 4.69) is 23.5 Å². The van der Waals surface area contributed by atoms with Crippen molar-refractivity contribution in [1.82, 2.24) is 9.97 Å². The van der Waals surface area contributed by atoms with Gasteiger partial charge in [0.25, 0.3) is 0 Å². The van der Waals surface area contributed by atoms with E-state index in [9.17, 15) is 0 Å². The van der Waals surface area contributed by atoms with Gasteiger partial charge in [0.05, 0.1) is 17.4 Å². The fourth-order valence-electron chi connectivity index (χ4n) is 1.38. The molecule has 0 aliphatic rings. The highest BCUT2D eigenvalue weighted by Gasteiger charge is 1.99. The van der Waals surface area contributed by atoms with Crippen molar-refractivity contribution < 1.29 is 0 Å². The second-order valence-corrected chi connectivity index (χ2v) is 2.96. The van der Waals surface area contributed by atoms with Crippen molar-refractivity contribution in [3.63, 3.8) is 0 Å². The van der Waals surface area contributed by atoms with E-state index >= 15 is 0 Å². The summed E-state index contributed by atoms with van der Waals surface area (Å²) in [6.45, 7) is 5.76. The van der Waals surface area contributed by atoms with Crippen molar-refractivity contribution in [2.45, 2.75) is 6.92 Å². The lowest BCUT2D eigenvalue weighted by molar-refractivity contribution is 1.28. The molecule has 0 fully saturated rings. The number of hydrogen-bond donors (Lipinski definition) is 0. The summed E-state index contributed by atoms with van der Waals surface area (Å²) in [5.74, 6) is 0. The number of nitrogens with zero attached hydrogens (tertiary/aromatic N) is 2. The second kappa shape index (κ2) is 2.98. The van der Waals surface area contributed by atoms with Crippen LogP contribution in [0.2, 0.25) is 0 Å². The average Bonchev–Trinajstić information content (AvgIpc) is 2.18. The van der Waals surface area contributed by atoms with E-state index in [1.54, 1.807) is 18.5 Å². The molecule has 2 aromatic rings. The van der Waals surface area contributed by atoms with Crippen LogP contribution in [0.1, 0.15) is 11.3 Å². The maximum atomic E-state index is 4.37. The van der Waals surface area contributed by atoms with E-state index in [0.29, 0.717) is 0 Å². The minimum atomic E-state index is 0.901. The Hall–Kier alpha value is -1.70. The Bertz CT molecular complexity index is 461. The summed E-state index contributed by atoms with van der Waals surface area (Å²) in [6.07, 6.45) is 5.30. The molecule has 0 N–H and O–H groups in total. The Labute approximate surface area is 77.0 Å². The summed E-state index contributed by atoms with van der Waals surface area (Å²) in [5.41, 5.74) is 3.04. The lowest BCUT2D eigenvalue weighted by Gasteiger charge is -2.01. The van der Waals surface area contributed by atoms with Crippen LogP contribution in [0.25, 0.3) is 17.0 Å². The first kappa shape index (κ1) is 7.92. The summed E-state index contributed by atoms with van der Waals surface area (Å²) in [4.78, 5) is 8.41.